The SMILES string of the molecule is COc1ccc(C[C@H](C)N2CCN(C/C=C/c3ccccc3)CC2)cc1OC. The highest BCUT2D eigenvalue weighted by Crippen LogP contribution is 2.28. The first-order valence-electron chi connectivity index (χ1n) is 10.1. The van der Waals surface area contributed by atoms with Crippen molar-refractivity contribution < 1.29 is 9.47 Å². The van der Waals surface area contributed by atoms with Crippen molar-refractivity contribution in [2.24, 2.45) is 0 Å². The number of methoxy groups -OCH3 is 2. The molecule has 0 bridgehead atoms. The zero-order valence-corrected chi connectivity index (χ0v) is 17.3. The molecule has 0 N–H and O–H groups in total. The number of benzene rings is 2. The average molecular weight is 381 g/mol. The van der Waals surface area contributed by atoms with Gasteiger partial charge in [0.05, 0.1) is 14.2 Å². The van der Waals surface area contributed by atoms with Gasteiger partial charge in [-0.25, -0.2) is 0 Å². The highest BCUT2D eigenvalue weighted by atomic mass is 16.5. The summed E-state index contributed by atoms with van der Waals surface area (Å²) in [5.74, 6) is 1.60. The molecule has 1 saturated heterocycles. The Morgan fingerprint density at radius 3 is 2.32 bits per heavy atom. The summed E-state index contributed by atoms with van der Waals surface area (Å²) >= 11 is 0. The van der Waals surface area contributed by atoms with Crippen LogP contribution in [0, 0.1) is 0 Å². The van der Waals surface area contributed by atoms with Gasteiger partial charge in [-0.15, -0.1) is 0 Å². The second-order valence-corrected chi connectivity index (χ2v) is 7.39. The smallest absolute Gasteiger partial charge is 0.160 e. The molecule has 1 fully saturated rings. The number of hydrogen-bond acceptors (Lipinski definition) is 4. The van der Waals surface area contributed by atoms with Gasteiger partial charge in [0, 0.05) is 38.8 Å². The van der Waals surface area contributed by atoms with Crippen LogP contribution in [0.25, 0.3) is 6.08 Å². The van der Waals surface area contributed by atoms with E-state index < -0.39 is 0 Å². The Bertz CT molecular complexity index is 752. The summed E-state index contributed by atoms with van der Waals surface area (Å²) in [6.45, 7) is 7.82. The molecule has 1 heterocycles. The molecule has 1 aliphatic heterocycles. The fourth-order valence-corrected chi connectivity index (χ4v) is 3.77. The third kappa shape index (κ3) is 5.60. The molecule has 1 atom stereocenters. The molecule has 2 aromatic rings. The highest BCUT2D eigenvalue weighted by Gasteiger charge is 2.21. The summed E-state index contributed by atoms with van der Waals surface area (Å²) in [6, 6.07) is 17.3. The number of ether oxygens (including phenoxy) is 2. The van der Waals surface area contributed by atoms with E-state index >= 15 is 0 Å². The fourth-order valence-electron chi connectivity index (χ4n) is 3.77. The Hall–Kier alpha value is -2.30. The van der Waals surface area contributed by atoms with Crippen molar-refractivity contribution in [3.63, 3.8) is 0 Å². The summed E-state index contributed by atoms with van der Waals surface area (Å²) in [5.41, 5.74) is 2.56. The van der Waals surface area contributed by atoms with E-state index in [4.69, 9.17) is 9.47 Å². The average Bonchev–Trinajstić information content (AvgIpc) is 2.75. The Labute approximate surface area is 169 Å². The van der Waals surface area contributed by atoms with Gasteiger partial charge in [0.1, 0.15) is 0 Å². The molecule has 0 spiro atoms. The molecule has 0 radical (unpaired) electrons. The lowest BCUT2D eigenvalue weighted by Crippen LogP contribution is -2.50. The van der Waals surface area contributed by atoms with Gasteiger partial charge in [-0.2, -0.15) is 0 Å². The van der Waals surface area contributed by atoms with E-state index in [-0.39, 0.29) is 0 Å². The van der Waals surface area contributed by atoms with Crippen molar-refractivity contribution in [3.8, 4) is 11.5 Å². The molecule has 4 heteroatoms. The van der Waals surface area contributed by atoms with Gasteiger partial charge in [0.2, 0.25) is 0 Å². The maximum Gasteiger partial charge on any atom is 0.160 e. The maximum atomic E-state index is 5.44. The molecule has 3 rings (SSSR count). The van der Waals surface area contributed by atoms with Gasteiger partial charge in [-0.05, 0) is 36.6 Å². The van der Waals surface area contributed by atoms with Crippen molar-refractivity contribution in [1.29, 1.82) is 0 Å². The summed E-state index contributed by atoms with van der Waals surface area (Å²) in [6.07, 6.45) is 5.51. The van der Waals surface area contributed by atoms with Gasteiger partial charge in [-0.1, -0.05) is 48.6 Å². The Kier molecular flexibility index (Phi) is 7.52. The molecule has 28 heavy (non-hydrogen) atoms. The van der Waals surface area contributed by atoms with Gasteiger partial charge < -0.3 is 9.47 Å². The standard InChI is InChI=1S/C24H32N2O2/c1-20(18-22-11-12-23(27-2)24(19-22)28-3)26-16-14-25(15-17-26)13-7-10-21-8-5-4-6-9-21/h4-12,19-20H,13-18H2,1-3H3/b10-7+/t20-/m0/s1. The molecule has 0 aromatic heterocycles. The monoisotopic (exact) mass is 380 g/mol. The first-order chi connectivity index (χ1) is 13.7. The lowest BCUT2D eigenvalue weighted by molar-refractivity contribution is 0.110. The largest absolute Gasteiger partial charge is 0.493 e. The molecule has 0 saturated carbocycles. The summed E-state index contributed by atoms with van der Waals surface area (Å²) in [4.78, 5) is 5.12. The zero-order chi connectivity index (χ0) is 19.8. The van der Waals surface area contributed by atoms with E-state index in [1.807, 2.05) is 6.07 Å². The van der Waals surface area contributed by atoms with Gasteiger partial charge in [0.25, 0.3) is 0 Å². The molecule has 1 aliphatic rings. The van der Waals surface area contributed by atoms with E-state index in [1.165, 1.54) is 11.1 Å². The second-order valence-electron chi connectivity index (χ2n) is 7.39. The predicted molar refractivity (Wildman–Crippen MR) is 116 cm³/mol. The van der Waals surface area contributed by atoms with Crippen LogP contribution in [0.2, 0.25) is 0 Å². The molecule has 2 aromatic carbocycles. The number of hydrogen-bond donors (Lipinski definition) is 0. The van der Waals surface area contributed by atoms with Gasteiger partial charge in [-0.3, -0.25) is 9.80 Å². The number of nitrogens with zero attached hydrogens (tertiary/aromatic N) is 2. The minimum absolute atomic E-state index is 0.514. The molecule has 4 nitrogen and oxygen atoms in total. The first kappa shape index (κ1) is 20.4. The van der Waals surface area contributed by atoms with Crippen LogP contribution in [0.3, 0.4) is 0 Å². The van der Waals surface area contributed by atoms with E-state index in [0.717, 1.165) is 50.6 Å². The van der Waals surface area contributed by atoms with Crippen LogP contribution in [0.5, 0.6) is 11.5 Å². The second kappa shape index (κ2) is 10.3. The third-order valence-corrected chi connectivity index (χ3v) is 5.48. The topological polar surface area (TPSA) is 24.9 Å². The molecule has 0 unspecified atom stereocenters. The minimum Gasteiger partial charge on any atom is -0.493 e. The fraction of sp³-hybridized carbons (Fsp3) is 0.417. The molecular weight excluding hydrogens is 348 g/mol. The Balaban J connectivity index is 1.46. The van der Waals surface area contributed by atoms with Crippen LogP contribution >= 0.6 is 0 Å². The third-order valence-electron chi connectivity index (χ3n) is 5.48. The zero-order valence-electron chi connectivity index (χ0n) is 17.3. The lowest BCUT2D eigenvalue weighted by Gasteiger charge is -2.37. The van der Waals surface area contributed by atoms with Crippen molar-refractivity contribution in [1.82, 2.24) is 9.80 Å². The number of piperazine rings is 1. The molecule has 0 aliphatic carbocycles. The van der Waals surface area contributed by atoms with Gasteiger partial charge in [0.15, 0.2) is 11.5 Å². The molecule has 0 amide bonds. The van der Waals surface area contributed by atoms with Gasteiger partial charge >= 0.3 is 0 Å². The van der Waals surface area contributed by atoms with Crippen LogP contribution in [0.1, 0.15) is 18.1 Å². The summed E-state index contributed by atoms with van der Waals surface area (Å²) in [7, 11) is 3.37. The van der Waals surface area contributed by atoms with Crippen molar-refractivity contribution in [2.45, 2.75) is 19.4 Å². The van der Waals surface area contributed by atoms with E-state index in [1.54, 1.807) is 14.2 Å². The van der Waals surface area contributed by atoms with Crippen molar-refractivity contribution in [3.05, 3.63) is 65.7 Å². The lowest BCUT2D eigenvalue weighted by atomic mass is 10.0. The maximum absolute atomic E-state index is 5.44. The van der Waals surface area contributed by atoms with Crippen molar-refractivity contribution in [2.75, 3.05) is 46.9 Å². The van der Waals surface area contributed by atoms with Crippen LogP contribution in [-0.2, 0) is 6.42 Å². The normalized spacial score (nSPS) is 17.0. The van der Waals surface area contributed by atoms with Crippen LogP contribution in [0.15, 0.2) is 54.6 Å². The van der Waals surface area contributed by atoms with E-state index in [9.17, 15) is 0 Å². The van der Waals surface area contributed by atoms with Crippen LogP contribution in [0.4, 0.5) is 0 Å². The summed E-state index contributed by atoms with van der Waals surface area (Å²) < 4.78 is 10.8. The first-order valence-corrected chi connectivity index (χ1v) is 10.1. The molecule has 150 valence electrons. The Morgan fingerprint density at radius 1 is 0.929 bits per heavy atom. The summed E-state index contributed by atoms with van der Waals surface area (Å²) in [5, 5.41) is 0. The van der Waals surface area contributed by atoms with E-state index in [0.29, 0.717) is 6.04 Å². The predicted octanol–water partition coefficient (Wildman–Crippen LogP) is 3.97. The minimum atomic E-state index is 0.514. The number of rotatable bonds is 8. The van der Waals surface area contributed by atoms with Crippen LogP contribution in [-0.4, -0.2) is 62.8 Å². The highest BCUT2D eigenvalue weighted by molar-refractivity contribution is 5.48. The molecular formula is C24H32N2O2. The van der Waals surface area contributed by atoms with Crippen molar-refractivity contribution >= 4 is 6.08 Å². The Morgan fingerprint density at radius 2 is 1.64 bits per heavy atom. The van der Waals surface area contributed by atoms with E-state index in [2.05, 4.69) is 71.3 Å². The van der Waals surface area contributed by atoms with Crippen LogP contribution < -0.4 is 9.47 Å². The quantitative estimate of drug-likeness (QED) is 0.692.